The van der Waals surface area contributed by atoms with Crippen LogP contribution in [-0.4, -0.2) is 20.0 Å². The number of hydrogen-bond acceptors (Lipinski definition) is 2. The Morgan fingerprint density at radius 3 is 2.38 bits per heavy atom. The lowest BCUT2D eigenvalue weighted by Gasteiger charge is -2.08. The highest BCUT2D eigenvalue weighted by Gasteiger charge is 2.01. The first-order chi connectivity index (χ1) is 10.0. The number of methoxy groups -OCH3 is 1. The monoisotopic (exact) mass is 402 g/mol. The third kappa shape index (κ3) is 11.7. The average molecular weight is 402 g/mol. The Bertz CT molecular complexity index is 413. The lowest BCUT2D eigenvalue weighted by atomic mass is 10.0. The van der Waals surface area contributed by atoms with Gasteiger partial charge in [-0.15, -0.1) is 6.42 Å². The first kappa shape index (κ1) is 20.4. The second-order valence-electron chi connectivity index (χ2n) is 5.22. The van der Waals surface area contributed by atoms with E-state index < -0.39 is 0 Å². The maximum absolute atomic E-state index is 5.43. The zero-order chi connectivity index (χ0) is 16.1. The molecule has 0 aromatic rings. The summed E-state index contributed by atoms with van der Waals surface area (Å²) in [5.41, 5.74) is 4.14. The van der Waals surface area contributed by atoms with Crippen LogP contribution < -0.4 is 0 Å². The number of halogens is 1. The molecule has 1 atom stereocenters. The van der Waals surface area contributed by atoms with Gasteiger partial charge in [0.2, 0.25) is 0 Å². The molecule has 2 nitrogen and oxygen atoms in total. The van der Waals surface area contributed by atoms with Gasteiger partial charge in [-0.3, -0.25) is 0 Å². The molecule has 0 saturated carbocycles. The van der Waals surface area contributed by atoms with Gasteiger partial charge in [-0.25, -0.2) is 0 Å². The highest BCUT2D eigenvalue weighted by molar-refractivity contribution is 14.1. The van der Waals surface area contributed by atoms with Gasteiger partial charge >= 0.3 is 0 Å². The van der Waals surface area contributed by atoms with Crippen LogP contribution in [-0.2, 0) is 9.47 Å². The third-order valence-corrected chi connectivity index (χ3v) is 4.16. The van der Waals surface area contributed by atoms with Crippen LogP contribution in [0.1, 0.15) is 46.5 Å². The van der Waals surface area contributed by atoms with E-state index in [1.807, 2.05) is 6.08 Å². The molecule has 1 unspecified atom stereocenters. The highest BCUT2D eigenvalue weighted by atomic mass is 127. The Labute approximate surface area is 143 Å². The second kappa shape index (κ2) is 13.1. The molecule has 0 rings (SSSR count). The van der Waals surface area contributed by atoms with E-state index in [2.05, 4.69) is 59.4 Å². The van der Waals surface area contributed by atoms with Crippen molar-refractivity contribution in [3.05, 3.63) is 33.0 Å². The zero-order valence-corrected chi connectivity index (χ0v) is 15.8. The fraction of sp³-hybridized carbons (Fsp3) is 0.556. The maximum atomic E-state index is 5.43. The van der Waals surface area contributed by atoms with Crippen LogP contribution in [0.3, 0.4) is 0 Å². The minimum absolute atomic E-state index is 0.224. The molecular formula is C18H27IO2. The van der Waals surface area contributed by atoms with Gasteiger partial charge < -0.3 is 9.47 Å². The highest BCUT2D eigenvalue weighted by Crippen LogP contribution is 2.15. The van der Waals surface area contributed by atoms with Crippen LogP contribution in [0.25, 0.3) is 0 Å². The van der Waals surface area contributed by atoms with Crippen molar-refractivity contribution in [1.82, 2.24) is 0 Å². The van der Waals surface area contributed by atoms with Crippen LogP contribution in [0, 0.1) is 12.3 Å². The van der Waals surface area contributed by atoms with Gasteiger partial charge in [-0.05, 0) is 56.6 Å². The molecule has 0 amide bonds. The van der Waals surface area contributed by atoms with E-state index in [0.717, 1.165) is 25.7 Å². The van der Waals surface area contributed by atoms with Gasteiger partial charge in [0.15, 0.2) is 0 Å². The van der Waals surface area contributed by atoms with Gasteiger partial charge in [0.1, 0.15) is 12.9 Å². The molecule has 0 aromatic carbocycles. The molecule has 0 radical (unpaired) electrons. The van der Waals surface area contributed by atoms with Gasteiger partial charge in [0.25, 0.3) is 0 Å². The molecule has 0 N–H and O–H groups in total. The van der Waals surface area contributed by atoms with E-state index >= 15 is 0 Å². The fourth-order valence-corrected chi connectivity index (χ4v) is 2.04. The van der Waals surface area contributed by atoms with Gasteiger partial charge in [-0.1, -0.05) is 51.3 Å². The van der Waals surface area contributed by atoms with Crippen molar-refractivity contribution in [2.45, 2.75) is 52.6 Å². The third-order valence-electron chi connectivity index (χ3n) is 3.10. The minimum Gasteiger partial charge on any atom is -0.359 e. The zero-order valence-electron chi connectivity index (χ0n) is 13.6. The molecule has 0 aromatic heterocycles. The number of ether oxygens (including phenoxy) is 2. The Morgan fingerprint density at radius 2 is 1.81 bits per heavy atom. The van der Waals surface area contributed by atoms with Crippen molar-refractivity contribution in [1.29, 1.82) is 0 Å². The number of allylic oxidation sites excluding steroid dienone is 4. The van der Waals surface area contributed by atoms with Crippen molar-refractivity contribution in [3.8, 4) is 12.3 Å². The van der Waals surface area contributed by atoms with E-state index in [9.17, 15) is 0 Å². The molecule has 0 aliphatic heterocycles. The SMILES string of the molecule is C#CC(/C=C(\C)CC/C=C(\C)CC/C(C)=C/I)OCOC. The summed E-state index contributed by atoms with van der Waals surface area (Å²) < 4.78 is 12.4. The lowest BCUT2D eigenvalue weighted by molar-refractivity contribution is -0.0385. The summed E-state index contributed by atoms with van der Waals surface area (Å²) in [5.74, 6) is 2.61. The molecular weight excluding hydrogens is 375 g/mol. The second-order valence-corrected chi connectivity index (χ2v) is 5.84. The number of terminal acetylenes is 1. The van der Waals surface area contributed by atoms with Crippen molar-refractivity contribution in [3.63, 3.8) is 0 Å². The number of rotatable bonds is 10. The Hall–Kier alpha value is -0.570. The summed E-state index contributed by atoms with van der Waals surface area (Å²) in [5, 5.41) is 0. The van der Waals surface area contributed by atoms with Gasteiger partial charge in [0, 0.05) is 7.11 Å². The summed E-state index contributed by atoms with van der Waals surface area (Å²) in [6, 6.07) is 0. The molecule has 21 heavy (non-hydrogen) atoms. The normalized spacial score (nSPS) is 15.0. The molecule has 3 heteroatoms. The van der Waals surface area contributed by atoms with E-state index in [4.69, 9.17) is 15.9 Å². The Balaban J connectivity index is 4.16. The molecule has 0 aliphatic rings. The van der Waals surface area contributed by atoms with Crippen molar-refractivity contribution in [2.75, 3.05) is 13.9 Å². The first-order valence-corrected chi connectivity index (χ1v) is 8.43. The predicted molar refractivity (Wildman–Crippen MR) is 99.3 cm³/mol. The maximum Gasteiger partial charge on any atom is 0.148 e. The molecule has 0 heterocycles. The van der Waals surface area contributed by atoms with E-state index in [0.29, 0.717) is 0 Å². The van der Waals surface area contributed by atoms with Crippen molar-refractivity contribution in [2.24, 2.45) is 0 Å². The van der Waals surface area contributed by atoms with Crippen LogP contribution in [0.4, 0.5) is 0 Å². The minimum atomic E-state index is -0.300. The first-order valence-electron chi connectivity index (χ1n) is 7.19. The Kier molecular flexibility index (Phi) is 12.8. The fourth-order valence-electron chi connectivity index (χ4n) is 1.72. The van der Waals surface area contributed by atoms with Crippen molar-refractivity contribution < 1.29 is 9.47 Å². The van der Waals surface area contributed by atoms with Gasteiger partial charge in [-0.2, -0.15) is 0 Å². The molecule has 118 valence electrons. The lowest BCUT2D eigenvalue weighted by Crippen LogP contribution is -2.09. The Morgan fingerprint density at radius 1 is 1.14 bits per heavy atom. The smallest absolute Gasteiger partial charge is 0.148 e. The summed E-state index contributed by atoms with van der Waals surface area (Å²) in [6.45, 7) is 6.69. The molecule has 0 saturated heterocycles. The quantitative estimate of drug-likeness (QED) is 0.211. The van der Waals surface area contributed by atoms with Crippen molar-refractivity contribution >= 4 is 22.6 Å². The molecule has 0 fully saturated rings. The topological polar surface area (TPSA) is 18.5 Å². The standard InChI is InChI=1S/C18H27IO2/c1-6-18(21-14-20-5)12-16(3)9-7-8-15(2)10-11-17(4)13-19/h1,8,12-13,18H,7,9-11,14H2,2-5H3/b15-8+,16-12+,17-13+. The predicted octanol–water partition coefficient (Wildman–Crippen LogP) is 5.40. The molecule has 0 bridgehead atoms. The average Bonchev–Trinajstić information content (AvgIpc) is 2.48. The summed E-state index contributed by atoms with van der Waals surface area (Å²) in [6.07, 6.45) is 13.8. The largest absolute Gasteiger partial charge is 0.359 e. The number of hydrogen-bond donors (Lipinski definition) is 0. The van der Waals surface area contributed by atoms with Crippen LogP contribution in [0.5, 0.6) is 0 Å². The molecule has 0 aliphatic carbocycles. The van der Waals surface area contributed by atoms with Crippen LogP contribution >= 0.6 is 22.6 Å². The molecule has 0 spiro atoms. The summed E-state index contributed by atoms with van der Waals surface area (Å²) in [4.78, 5) is 0. The van der Waals surface area contributed by atoms with Crippen LogP contribution in [0.2, 0.25) is 0 Å². The summed E-state index contributed by atoms with van der Waals surface area (Å²) >= 11 is 2.30. The summed E-state index contributed by atoms with van der Waals surface area (Å²) in [7, 11) is 1.59. The van der Waals surface area contributed by atoms with E-state index in [1.165, 1.54) is 16.7 Å². The van der Waals surface area contributed by atoms with E-state index in [-0.39, 0.29) is 12.9 Å². The van der Waals surface area contributed by atoms with Gasteiger partial charge in [0.05, 0.1) is 0 Å². The van der Waals surface area contributed by atoms with Crippen LogP contribution in [0.15, 0.2) is 33.0 Å². The van der Waals surface area contributed by atoms with E-state index in [1.54, 1.807) is 7.11 Å².